The van der Waals surface area contributed by atoms with Gasteiger partial charge < -0.3 is 15.4 Å². The number of hydrogen-bond acceptors (Lipinski definition) is 4. The Hall–Kier alpha value is -3.15. The number of H-pyrrole nitrogens is 1. The van der Waals surface area contributed by atoms with Crippen LogP contribution in [0.25, 0.3) is 22.8 Å². The molecule has 5 rings (SSSR count). The first-order valence-electron chi connectivity index (χ1n) is 8.86. The summed E-state index contributed by atoms with van der Waals surface area (Å²) in [6, 6.07) is 9.24. The molecule has 1 saturated carbocycles. The molecule has 1 aromatic carbocycles. The van der Waals surface area contributed by atoms with Crippen molar-refractivity contribution in [3.8, 4) is 28.5 Å². The second-order valence-electron chi connectivity index (χ2n) is 6.86. The molecular formula is C20H18N4O2. The Morgan fingerprint density at radius 1 is 1.19 bits per heavy atom. The highest BCUT2D eigenvalue weighted by Crippen LogP contribution is 2.46. The number of phenolic OH excluding ortho intramolecular Hbond substituents is 1. The fourth-order valence-electron chi connectivity index (χ4n) is 3.60. The Labute approximate surface area is 150 Å². The van der Waals surface area contributed by atoms with E-state index in [1.807, 2.05) is 24.3 Å². The minimum Gasteiger partial charge on any atom is -0.507 e. The summed E-state index contributed by atoms with van der Waals surface area (Å²) in [6.45, 7) is 0.642. The number of carbonyl (C=O) groups is 1. The molecule has 0 radical (unpaired) electrons. The Kier molecular flexibility index (Phi) is 3.31. The van der Waals surface area contributed by atoms with E-state index in [2.05, 4.69) is 20.3 Å². The van der Waals surface area contributed by atoms with Gasteiger partial charge in [0.2, 0.25) is 0 Å². The zero-order valence-corrected chi connectivity index (χ0v) is 14.1. The number of aromatic hydroxyl groups is 1. The first-order chi connectivity index (χ1) is 12.7. The number of fused-ring (bicyclic) bond motifs is 1. The second kappa shape index (κ2) is 5.69. The lowest BCUT2D eigenvalue weighted by atomic mass is 10.0. The van der Waals surface area contributed by atoms with E-state index in [0.717, 1.165) is 36.2 Å². The van der Waals surface area contributed by atoms with E-state index in [1.54, 1.807) is 12.3 Å². The molecule has 1 fully saturated rings. The Balaban J connectivity index is 1.60. The molecule has 6 nitrogen and oxygen atoms in total. The highest BCUT2D eigenvalue weighted by molar-refractivity contribution is 5.97. The molecule has 0 saturated heterocycles. The lowest BCUT2D eigenvalue weighted by molar-refractivity contribution is 0.0946. The molecule has 2 aliphatic rings. The largest absolute Gasteiger partial charge is 0.507 e. The summed E-state index contributed by atoms with van der Waals surface area (Å²) in [7, 11) is 0. The molecule has 1 aliphatic carbocycles. The molecule has 130 valence electrons. The van der Waals surface area contributed by atoms with Crippen molar-refractivity contribution in [1.82, 2.24) is 20.3 Å². The van der Waals surface area contributed by atoms with Crippen molar-refractivity contribution < 1.29 is 9.90 Å². The fraction of sp³-hybridized carbons (Fsp3) is 0.250. The van der Waals surface area contributed by atoms with E-state index in [4.69, 9.17) is 0 Å². The minimum atomic E-state index is -0.0558. The van der Waals surface area contributed by atoms with Gasteiger partial charge in [0.15, 0.2) is 5.82 Å². The van der Waals surface area contributed by atoms with Crippen LogP contribution in [0.4, 0.5) is 0 Å². The fourth-order valence-corrected chi connectivity index (χ4v) is 3.60. The van der Waals surface area contributed by atoms with Crippen LogP contribution >= 0.6 is 0 Å². The van der Waals surface area contributed by atoms with Crippen LogP contribution in [0.2, 0.25) is 0 Å². The van der Waals surface area contributed by atoms with Crippen molar-refractivity contribution in [2.45, 2.75) is 25.2 Å². The predicted molar refractivity (Wildman–Crippen MR) is 96.9 cm³/mol. The summed E-state index contributed by atoms with van der Waals surface area (Å²) in [5.41, 5.74) is 4.93. The summed E-state index contributed by atoms with van der Waals surface area (Å²) >= 11 is 0. The maximum absolute atomic E-state index is 12.0. The van der Waals surface area contributed by atoms with Crippen LogP contribution in [0.5, 0.6) is 5.75 Å². The third-order valence-electron chi connectivity index (χ3n) is 5.05. The monoisotopic (exact) mass is 346 g/mol. The minimum absolute atomic E-state index is 0.0558. The van der Waals surface area contributed by atoms with E-state index in [9.17, 15) is 9.90 Å². The molecule has 0 unspecified atom stereocenters. The molecule has 0 spiro atoms. The number of carbonyl (C=O) groups excluding carboxylic acids is 1. The molecule has 26 heavy (non-hydrogen) atoms. The van der Waals surface area contributed by atoms with Crippen LogP contribution in [0.15, 0.2) is 36.5 Å². The highest BCUT2D eigenvalue weighted by Gasteiger charge is 2.29. The lowest BCUT2D eigenvalue weighted by Gasteiger charge is -2.11. The Morgan fingerprint density at radius 2 is 2.08 bits per heavy atom. The summed E-state index contributed by atoms with van der Waals surface area (Å²) in [5, 5.41) is 13.3. The van der Waals surface area contributed by atoms with Gasteiger partial charge in [0.1, 0.15) is 5.75 Å². The quantitative estimate of drug-likeness (QED) is 0.680. The van der Waals surface area contributed by atoms with Crippen molar-refractivity contribution >= 4 is 5.91 Å². The molecule has 0 bridgehead atoms. The SMILES string of the molecule is O=C1NCCc2[nH]c(-c3ccnc(-c4c(O)cccc4C4CC4)n3)cc21. The second-order valence-corrected chi connectivity index (χ2v) is 6.86. The van der Waals surface area contributed by atoms with Gasteiger partial charge in [-0.1, -0.05) is 12.1 Å². The maximum Gasteiger partial charge on any atom is 0.253 e. The maximum atomic E-state index is 12.0. The molecular weight excluding hydrogens is 328 g/mol. The number of amides is 1. The molecule has 3 aromatic rings. The molecule has 1 aliphatic heterocycles. The smallest absolute Gasteiger partial charge is 0.253 e. The van der Waals surface area contributed by atoms with Crippen LogP contribution in [0, 0.1) is 0 Å². The van der Waals surface area contributed by atoms with Gasteiger partial charge in [0.25, 0.3) is 5.91 Å². The summed E-state index contributed by atoms with van der Waals surface area (Å²) in [4.78, 5) is 24.4. The van der Waals surface area contributed by atoms with E-state index in [-0.39, 0.29) is 11.7 Å². The van der Waals surface area contributed by atoms with Gasteiger partial charge in [-0.15, -0.1) is 0 Å². The van der Waals surface area contributed by atoms with Crippen LogP contribution in [0.3, 0.4) is 0 Å². The number of aromatic nitrogens is 3. The van der Waals surface area contributed by atoms with Gasteiger partial charge in [-0.2, -0.15) is 0 Å². The summed E-state index contributed by atoms with van der Waals surface area (Å²) in [6.07, 6.45) is 4.74. The van der Waals surface area contributed by atoms with Gasteiger partial charge in [-0.25, -0.2) is 9.97 Å². The van der Waals surface area contributed by atoms with Crippen molar-refractivity contribution in [3.63, 3.8) is 0 Å². The van der Waals surface area contributed by atoms with Crippen molar-refractivity contribution in [2.75, 3.05) is 6.54 Å². The van der Waals surface area contributed by atoms with E-state index in [1.165, 1.54) is 0 Å². The summed E-state index contributed by atoms with van der Waals surface area (Å²) < 4.78 is 0. The topological polar surface area (TPSA) is 90.9 Å². The normalized spacial score (nSPS) is 16.2. The van der Waals surface area contributed by atoms with E-state index in [0.29, 0.717) is 35.1 Å². The van der Waals surface area contributed by atoms with Gasteiger partial charge in [0.05, 0.1) is 22.5 Å². The third-order valence-corrected chi connectivity index (χ3v) is 5.05. The number of benzene rings is 1. The average Bonchev–Trinajstić information content (AvgIpc) is 3.40. The van der Waals surface area contributed by atoms with Crippen LogP contribution in [-0.2, 0) is 6.42 Å². The van der Waals surface area contributed by atoms with Crippen molar-refractivity contribution in [3.05, 3.63) is 53.3 Å². The van der Waals surface area contributed by atoms with Crippen molar-refractivity contribution in [1.29, 1.82) is 0 Å². The van der Waals surface area contributed by atoms with Gasteiger partial charge >= 0.3 is 0 Å². The molecule has 1 amide bonds. The number of aromatic amines is 1. The molecule has 6 heteroatoms. The van der Waals surface area contributed by atoms with Crippen LogP contribution < -0.4 is 5.32 Å². The van der Waals surface area contributed by atoms with Crippen molar-refractivity contribution in [2.24, 2.45) is 0 Å². The van der Waals surface area contributed by atoms with E-state index < -0.39 is 0 Å². The van der Waals surface area contributed by atoms with E-state index >= 15 is 0 Å². The summed E-state index contributed by atoms with van der Waals surface area (Å²) in [5.74, 6) is 1.14. The predicted octanol–water partition coefficient (Wildman–Crippen LogP) is 3.01. The Bertz CT molecular complexity index is 1020. The number of phenols is 1. The molecule has 3 heterocycles. The lowest BCUT2D eigenvalue weighted by Crippen LogP contribution is -2.31. The molecule has 3 N–H and O–H groups in total. The standard InChI is InChI=1S/C20H18N4O2/c25-17-3-1-2-12(11-4-5-11)18(17)19-21-8-7-15(24-19)16-10-13-14(23-16)6-9-22-20(13)26/h1-3,7-8,10-11,23,25H,4-6,9H2,(H,22,26). The molecule has 2 aromatic heterocycles. The average molecular weight is 346 g/mol. The van der Waals surface area contributed by atoms with Gasteiger partial charge in [-0.05, 0) is 42.5 Å². The van der Waals surface area contributed by atoms with Crippen LogP contribution in [-0.4, -0.2) is 32.5 Å². The number of rotatable bonds is 3. The first-order valence-corrected chi connectivity index (χ1v) is 8.86. The zero-order chi connectivity index (χ0) is 17.7. The zero-order valence-electron chi connectivity index (χ0n) is 14.1. The number of nitrogens with zero attached hydrogens (tertiary/aromatic N) is 2. The molecule has 0 atom stereocenters. The van der Waals surface area contributed by atoms with Gasteiger partial charge in [-0.3, -0.25) is 4.79 Å². The van der Waals surface area contributed by atoms with Crippen LogP contribution in [0.1, 0.15) is 40.4 Å². The first kappa shape index (κ1) is 15.1. The number of nitrogens with one attached hydrogen (secondary N) is 2. The van der Waals surface area contributed by atoms with Gasteiger partial charge in [0, 0.05) is 24.9 Å². The highest BCUT2D eigenvalue weighted by atomic mass is 16.3. The Morgan fingerprint density at radius 3 is 2.88 bits per heavy atom. The third kappa shape index (κ3) is 2.45. The number of hydrogen-bond donors (Lipinski definition) is 3.